The molecule has 1 aromatic rings. The van der Waals surface area contributed by atoms with Crippen LogP contribution in [0.2, 0.25) is 0 Å². The van der Waals surface area contributed by atoms with Gasteiger partial charge in [0.25, 0.3) is 0 Å². The molecule has 1 rings (SSSR count). The summed E-state index contributed by atoms with van der Waals surface area (Å²) in [6.45, 7) is 6.23. The van der Waals surface area contributed by atoms with E-state index in [-0.39, 0.29) is 17.9 Å². The Morgan fingerprint density at radius 3 is 2.25 bits per heavy atom. The van der Waals surface area contributed by atoms with Gasteiger partial charge < -0.3 is 15.3 Å². The number of carboxylic acids is 1. The van der Waals surface area contributed by atoms with E-state index >= 15 is 0 Å². The monoisotopic (exact) mass is 415 g/mol. The number of carboxylic acid groups (broad SMARTS) is 1. The van der Waals surface area contributed by atoms with Crippen LogP contribution in [0.3, 0.4) is 0 Å². The van der Waals surface area contributed by atoms with Gasteiger partial charge in [-0.3, -0.25) is 4.79 Å². The molecule has 0 aromatic carbocycles. The zero-order valence-electron chi connectivity index (χ0n) is 18.4. The fraction of sp³-hybridized carbons (Fsp3) is 0.789. The van der Waals surface area contributed by atoms with E-state index in [0.29, 0.717) is 17.4 Å². The average Bonchev–Trinajstić information content (AvgIpc) is 3.05. The summed E-state index contributed by atoms with van der Waals surface area (Å²) >= 11 is 1.53. The smallest absolute Gasteiger partial charge is 0.346 e. The Bertz CT molecular complexity index is 602. The number of thioether (sulfide) groups is 1. The van der Waals surface area contributed by atoms with Gasteiger partial charge in [0.2, 0.25) is 0 Å². The van der Waals surface area contributed by atoms with Crippen molar-refractivity contribution >= 4 is 23.8 Å². The van der Waals surface area contributed by atoms with Crippen LogP contribution in [0, 0.1) is 0 Å². The molecule has 0 atom stereocenters. The molecule has 2 N–H and O–H groups in total. The number of hydrogen-bond donors (Lipinski definition) is 2. The van der Waals surface area contributed by atoms with Gasteiger partial charge in [0, 0.05) is 31.7 Å². The highest BCUT2D eigenvalue weighted by molar-refractivity contribution is 7.99. The highest BCUT2D eigenvalue weighted by Gasteiger charge is 2.27. The second kappa shape index (κ2) is 13.5. The Balaban J connectivity index is 0.00000227. The number of aliphatic carboxylic acids is 1. The third kappa shape index (κ3) is 9.54. The van der Waals surface area contributed by atoms with Crippen molar-refractivity contribution in [3.8, 4) is 0 Å². The minimum Gasteiger partial charge on any atom is -0.481 e. The number of rotatable bonds is 10. The van der Waals surface area contributed by atoms with Crippen molar-refractivity contribution in [3.63, 3.8) is 0 Å². The SMILES string of the molecule is CCC(C)(C)c1nc(SCCCCCCC(=O)O)n(C(=O)N(C)C)n1.CNC. The third-order valence-electron chi connectivity index (χ3n) is 4.15. The van der Waals surface area contributed by atoms with Crippen molar-refractivity contribution in [2.24, 2.45) is 0 Å². The lowest BCUT2D eigenvalue weighted by Gasteiger charge is -2.17. The lowest BCUT2D eigenvalue weighted by atomic mass is 9.90. The molecule has 0 saturated heterocycles. The van der Waals surface area contributed by atoms with E-state index in [1.54, 1.807) is 14.1 Å². The molecule has 0 aliphatic carbocycles. The summed E-state index contributed by atoms with van der Waals surface area (Å²) in [5.41, 5.74) is -0.177. The Kier molecular flexibility index (Phi) is 12.8. The Labute approximate surface area is 173 Å². The molecular formula is C19H37N5O3S. The van der Waals surface area contributed by atoms with Crippen LogP contribution in [0.1, 0.15) is 65.1 Å². The summed E-state index contributed by atoms with van der Waals surface area (Å²) < 4.78 is 1.39. The van der Waals surface area contributed by atoms with Crippen LogP contribution in [0.25, 0.3) is 0 Å². The fourth-order valence-corrected chi connectivity index (χ4v) is 2.97. The molecule has 0 unspecified atom stereocenters. The van der Waals surface area contributed by atoms with Gasteiger partial charge in [-0.2, -0.15) is 4.68 Å². The molecule has 0 aliphatic rings. The van der Waals surface area contributed by atoms with Crippen molar-refractivity contribution in [1.82, 2.24) is 25.0 Å². The van der Waals surface area contributed by atoms with E-state index in [0.717, 1.165) is 31.4 Å². The molecule has 28 heavy (non-hydrogen) atoms. The quantitative estimate of drug-likeness (QED) is 0.446. The maximum absolute atomic E-state index is 12.3. The van der Waals surface area contributed by atoms with Gasteiger partial charge in [0.1, 0.15) is 0 Å². The summed E-state index contributed by atoms with van der Waals surface area (Å²) in [4.78, 5) is 28.9. The van der Waals surface area contributed by atoms with Gasteiger partial charge in [0.15, 0.2) is 11.0 Å². The number of hydrogen-bond acceptors (Lipinski definition) is 6. The molecule has 0 spiro atoms. The van der Waals surface area contributed by atoms with E-state index in [2.05, 4.69) is 36.2 Å². The largest absolute Gasteiger partial charge is 0.481 e. The molecular weight excluding hydrogens is 378 g/mol. The van der Waals surface area contributed by atoms with E-state index in [1.807, 2.05) is 14.1 Å². The molecule has 1 amide bonds. The normalized spacial score (nSPS) is 11.0. The molecule has 0 aliphatic heterocycles. The predicted octanol–water partition coefficient (Wildman–Crippen LogP) is 3.46. The van der Waals surface area contributed by atoms with Crippen LogP contribution in [0.15, 0.2) is 5.16 Å². The summed E-state index contributed by atoms with van der Waals surface area (Å²) in [5, 5.41) is 16.4. The van der Waals surface area contributed by atoms with E-state index in [1.165, 1.54) is 21.3 Å². The first kappa shape index (κ1) is 26.4. The Hall–Kier alpha value is -1.61. The number of nitrogens with zero attached hydrogens (tertiary/aromatic N) is 4. The van der Waals surface area contributed by atoms with Gasteiger partial charge in [-0.15, -0.1) is 5.10 Å². The lowest BCUT2D eigenvalue weighted by molar-refractivity contribution is -0.137. The first-order chi connectivity index (χ1) is 13.1. The van der Waals surface area contributed by atoms with Crippen LogP contribution in [0.4, 0.5) is 4.79 Å². The van der Waals surface area contributed by atoms with Gasteiger partial charge in [-0.25, -0.2) is 9.78 Å². The van der Waals surface area contributed by atoms with Crippen LogP contribution >= 0.6 is 11.8 Å². The van der Waals surface area contributed by atoms with Gasteiger partial charge in [-0.05, 0) is 33.4 Å². The van der Waals surface area contributed by atoms with Crippen LogP contribution in [-0.2, 0) is 10.2 Å². The maximum atomic E-state index is 12.3. The molecule has 0 bridgehead atoms. The first-order valence-corrected chi connectivity index (χ1v) is 10.7. The summed E-state index contributed by atoms with van der Waals surface area (Å²) in [6, 6.07) is -0.199. The number of carbonyl (C=O) groups is 2. The van der Waals surface area contributed by atoms with Crippen molar-refractivity contribution in [2.75, 3.05) is 33.9 Å². The first-order valence-electron chi connectivity index (χ1n) is 9.72. The Morgan fingerprint density at radius 1 is 1.18 bits per heavy atom. The van der Waals surface area contributed by atoms with Gasteiger partial charge >= 0.3 is 12.0 Å². The minimum atomic E-state index is -0.740. The van der Waals surface area contributed by atoms with Crippen LogP contribution in [0.5, 0.6) is 0 Å². The topological polar surface area (TPSA) is 100 Å². The molecule has 0 fully saturated rings. The van der Waals surface area contributed by atoms with Crippen LogP contribution in [-0.4, -0.2) is 70.7 Å². The van der Waals surface area contributed by atoms with Crippen molar-refractivity contribution in [3.05, 3.63) is 5.82 Å². The number of carbonyl (C=O) groups excluding carboxylic acids is 1. The Morgan fingerprint density at radius 2 is 1.75 bits per heavy atom. The zero-order valence-corrected chi connectivity index (χ0v) is 19.2. The molecule has 1 aromatic heterocycles. The molecule has 0 radical (unpaired) electrons. The van der Waals surface area contributed by atoms with Crippen molar-refractivity contribution < 1.29 is 14.7 Å². The molecule has 0 saturated carbocycles. The fourth-order valence-electron chi connectivity index (χ4n) is 2.05. The highest BCUT2D eigenvalue weighted by Crippen LogP contribution is 2.27. The van der Waals surface area contributed by atoms with Crippen molar-refractivity contribution in [1.29, 1.82) is 0 Å². The highest BCUT2D eigenvalue weighted by atomic mass is 32.2. The lowest BCUT2D eigenvalue weighted by Crippen LogP contribution is -2.29. The molecule has 8 nitrogen and oxygen atoms in total. The molecule has 9 heteroatoms. The van der Waals surface area contributed by atoms with E-state index < -0.39 is 5.97 Å². The average molecular weight is 416 g/mol. The second-order valence-corrected chi connectivity index (χ2v) is 8.51. The summed E-state index contributed by atoms with van der Waals surface area (Å²) in [7, 11) is 7.15. The molecule has 1 heterocycles. The number of aromatic nitrogens is 3. The predicted molar refractivity (Wildman–Crippen MR) is 114 cm³/mol. The number of amides is 1. The van der Waals surface area contributed by atoms with Gasteiger partial charge in [-0.1, -0.05) is 45.4 Å². The molecule has 162 valence electrons. The van der Waals surface area contributed by atoms with Crippen LogP contribution < -0.4 is 5.32 Å². The summed E-state index contributed by atoms with van der Waals surface area (Å²) in [5.74, 6) is 0.781. The van der Waals surface area contributed by atoms with E-state index in [9.17, 15) is 9.59 Å². The number of unbranched alkanes of at least 4 members (excludes halogenated alkanes) is 3. The standard InChI is InChI=1S/C17H30N4O3S.C2H7N/c1-6-17(2,3)14-18-15(21(19-14)16(24)20(4)5)25-12-10-8-7-9-11-13(22)23;1-3-2/h6-12H2,1-5H3,(H,22,23);3H,1-2H3. The maximum Gasteiger partial charge on any atom is 0.346 e. The second-order valence-electron chi connectivity index (χ2n) is 7.45. The third-order valence-corrected chi connectivity index (χ3v) is 5.16. The van der Waals surface area contributed by atoms with Gasteiger partial charge in [0.05, 0.1) is 0 Å². The minimum absolute atomic E-state index is 0.177. The van der Waals surface area contributed by atoms with Crippen molar-refractivity contribution in [2.45, 2.75) is 69.9 Å². The van der Waals surface area contributed by atoms with E-state index in [4.69, 9.17) is 5.11 Å². The number of nitrogens with one attached hydrogen (secondary N) is 1. The summed E-state index contributed by atoms with van der Waals surface area (Å²) in [6.07, 6.45) is 4.67. The zero-order chi connectivity index (χ0) is 21.7.